The third-order valence-electron chi connectivity index (χ3n) is 4.40. The molecular formula is C22H23N3O3. The van der Waals surface area contributed by atoms with Crippen LogP contribution >= 0.6 is 0 Å². The van der Waals surface area contributed by atoms with Gasteiger partial charge in [-0.05, 0) is 42.3 Å². The number of amides is 1. The molecule has 3 rings (SSSR count). The third kappa shape index (κ3) is 4.11. The molecule has 6 heteroatoms. The van der Waals surface area contributed by atoms with Gasteiger partial charge in [-0.15, -0.1) is 0 Å². The van der Waals surface area contributed by atoms with Gasteiger partial charge in [-0.1, -0.05) is 24.3 Å². The zero-order valence-corrected chi connectivity index (χ0v) is 16.2. The summed E-state index contributed by atoms with van der Waals surface area (Å²) in [6.07, 6.45) is 2.03. The number of fused-ring (bicyclic) bond motifs is 1. The average Bonchev–Trinajstić information content (AvgIpc) is 2.85. The van der Waals surface area contributed by atoms with Gasteiger partial charge >= 0.3 is 5.97 Å². The fourth-order valence-electron chi connectivity index (χ4n) is 2.99. The van der Waals surface area contributed by atoms with Crippen LogP contribution in [0, 0.1) is 0 Å². The highest BCUT2D eigenvalue weighted by Gasteiger charge is 2.17. The molecule has 0 aromatic heterocycles. The summed E-state index contributed by atoms with van der Waals surface area (Å²) in [5.74, 6) is -0.0525. The summed E-state index contributed by atoms with van der Waals surface area (Å²) in [6, 6.07) is 13.2. The van der Waals surface area contributed by atoms with Crippen LogP contribution in [0.15, 0.2) is 53.0 Å². The summed E-state index contributed by atoms with van der Waals surface area (Å²) in [5, 5.41) is 0. The summed E-state index contributed by atoms with van der Waals surface area (Å²) in [4.78, 5) is 30.1. The van der Waals surface area contributed by atoms with Crippen molar-refractivity contribution in [1.82, 2.24) is 4.90 Å². The van der Waals surface area contributed by atoms with E-state index < -0.39 is 0 Å². The zero-order valence-electron chi connectivity index (χ0n) is 16.2. The maximum absolute atomic E-state index is 12.1. The van der Waals surface area contributed by atoms with Gasteiger partial charge in [0.1, 0.15) is 5.84 Å². The number of ether oxygens (including phenoxy) is 1. The van der Waals surface area contributed by atoms with Crippen molar-refractivity contribution < 1.29 is 14.3 Å². The summed E-state index contributed by atoms with van der Waals surface area (Å²) >= 11 is 0. The van der Waals surface area contributed by atoms with Crippen LogP contribution in [0.25, 0.3) is 17.2 Å². The number of nitrogens with zero attached hydrogens (tertiary/aromatic N) is 2. The first-order valence-corrected chi connectivity index (χ1v) is 9.06. The maximum Gasteiger partial charge on any atom is 0.334 e. The minimum atomic E-state index is -0.376. The van der Waals surface area contributed by atoms with E-state index in [0.29, 0.717) is 29.3 Å². The Bertz CT molecular complexity index is 973. The number of nitrogens with two attached hydrogens (primary N) is 1. The second-order valence-electron chi connectivity index (χ2n) is 6.72. The van der Waals surface area contributed by atoms with Crippen LogP contribution < -0.4 is 5.73 Å². The normalized spacial score (nSPS) is 13.0. The Morgan fingerprint density at radius 3 is 2.43 bits per heavy atom. The second kappa shape index (κ2) is 8.08. The molecule has 1 aliphatic heterocycles. The van der Waals surface area contributed by atoms with Gasteiger partial charge in [-0.2, -0.15) is 0 Å². The lowest BCUT2D eigenvalue weighted by Crippen LogP contribution is -2.21. The Labute approximate surface area is 164 Å². The van der Waals surface area contributed by atoms with E-state index in [0.717, 1.165) is 16.7 Å². The van der Waals surface area contributed by atoms with E-state index in [1.54, 1.807) is 44.1 Å². The Kier molecular flexibility index (Phi) is 5.59. The van der Waals surface area contributed by atoms with E-state index in [-0.39, 0.29) is 18.3 Å². The summed E-state index contributed by atoms with van der Waals surface area (Å²) in [5.41, 5.74) is 10.5. The monoisotopic (exact) mass is 377 g/mol. The van der Waals surface area contributed by atoms with Crippen molar-refractivity contribution in [3.8, 4) is 11.1 Å². The van der Waals surface area contributed by atoms with Crippen LogP contribution in [-0.2, 0) is 9.53 Å². The number of aliphatic imine (C=N–C) groups is 1. The number of carbonyl (C=O) groups is 2. The molecule has 0 saturated heterocycles. The van der Waals surface area contributed by atoms with E-state index in [1.807, 2.05) is 30.3 Å². The minimum absolute atomic E-state index is 0.0394. The zero-order chi connectivity index (χ0) is 20.3. The van der Waals surface area contributed by atoms with E-state index in [2.05, 4.69) is 4.99 Å². The molecule has 0 bridgehead atoms. The second-order valence-corrected chi connectivity index (χ2v) is 6.72. The summed E-state index contributed by atoms with van der Waals surface area (Å²) in [7, 11) is 3.45. The number of hydrogen-bond donors (Lipinski definition) is 1. The van der Waals surface area contributed by atoms with Gasteiger partial charge in [-0.25, -0.2) is 9.79 Å². The number of benzene rings is 2. The van der Waals surface area contributed by atoms with Crippen LogP contribution in [-0.4, -0.2) is 43.3 Å². The molecule has 6 nitrogen and oxygen atoms in total. The number of carbonyl (C=O) groups excluding carboxylic acids is 2. The smallest absolute Gasteiger partial charge is 0.334 e. The van der Waals surface area contributed by atoms with Gasteiger partial charge in [0.2, 0.25) is 0 Å². The molecule has 2 N–H and O–H groups in total. The van der Waals surface area contributed by atoms with Crippen molar-refractivity contribution in [2.45, 2.75) is 13.3 Å². The average molecular weight is 377 g/mol. The van der Waals surface area contributed by atoms with E-state index in [1.165, 1.54) is 0 Å². The molecule has 0 atom stereocenters. The Hall–Kier alpha value is -3.41. The lowest BCUT2D eigenvalue weighted by molar-refractivity contribution is -0.138. The minimum Gasteiger partial charge on any atom is -0.463 e. The summed E-state index contributed by atoms with van der Waals surface area (Å²) in [6.45, 7) is 2.08. The molecule has 0 radical (unpaired) electrons. The summed E-state index contributed by atoms with van der Waals surface area (Å²) < 4.78 is 5.09. The van der Waals surface area contributed by atoms with Crippen LogP contribution in [0.4, 0.5) is 5.69 Å². The molecule has 1 heterocycles. The van der Waals surface area contributed by atoms with Crippen LogP contribution in [0.1, 0.15) is 29.3 Å². The van der Waals surface area contributed by atoms with Crippen molar-refractivity contribution in [3.05, 3.63) is 59.2 Å². The molecule has 2 aromatic carbocycles. The fraction of sp³-hybridized carbons (Fsp3) is 0.227. The third-order valence-corrected chi connectivity index (χ3v) is 4.40. The van der Waals surface area contributed by atoms with Crippen molar-refractivity contribution in [2.75, 3.05) is 20.7 Å². The predicted molar refractivity (Wildman–Crippen MR) is 110 cm³/mol. The molecule has 1 aliphatic rings. The predicted octanol–water partition coefficient (Wildman–Crippen LogP) is 3.39. The highest BCUT2D eigenvalue weighted by molar-refractivity contribution is 6.03. The molecule has 0 unspecified atom stereocenters. The van der Waals surface area contributed by atoms with Gasteiger partial charge in [-0.3, -0.25) is 4.79 Å². The van der Waals surface area contributed by atoms with Crippen molar-refractivity contribution in [1.29, 1.82) is 0 Å². The molecule has 28 heavy (non-hydrogen) atoms. The van der Waals surface area contributed by atoms with Gasteiger partial charge in [0.05, 0.1) is 12.3 Å². The number of hydrogen-bond acceptors (Lipinski definition) is 5. The van der Waals surface area contributed by atoms with E-state index in [4.69, 9.17) is 10.5 Å². The molecule has 0 spiro atoms. The number of amidine groups is 1. The van der Waals surface area contributed by atoms with Crippen LogP contribution in [0.3, 0.4) is 0 Å². The lowest BCUT2D eigenvalue weighted by Gasteiger charge is -2.11. The molecule has 144 valence electrons. The van der Waals surface area contributed by atoms with Gasteiger partial charge in [0, 0.05) is 37.2 Å². The first kappa shape index (κ1) is 19.4. The highest BCUT2D eigenvalue weighted by Crippen LogP contribution is 2.32. The Morgan fingerprint density at radius 1 is 1.11 bits per heavy atom. The molecule has 1 amide bonds. The quantitative estimate of drug-likeness (QED) is 0.828. The van der Waals surface area contributed by atoms with Gasteiger partial charge in [0.25, 0.3) is 5.91 Å². The maximum atomic E-state index is 12.1. The topological polar surface area (TPSA) is 85.0 Å². The van der Waals surface area contributed by atoms with Gasteiger partial charge < -0.3 is 15.4 Å². The van der Waals surface area contributed by atoms with E-state index in [9.17, 15) is 9.59 Å². The van der Waals surface area contributed by atoms with Gasteiger partial charge in [0.15, 0.2) is 0 Å². The molecule has 2 aromatic rings. The van der Waals surface area contributed by atoms with Crippen molar-refractivity contribution >= 4 is 29.5 Å². The SMILES string of the molecule is CCOC(=O)C1=Cc2ccc(-c3ccc(C(=O)N(C)C)cc3)cc2N=C(N)C1. The molecule has 0 saturated carbocycles. The largest absolute Gasteiger partial charge is 0.463 e. The highest BCUT2D eigenvalue weighted by atomic mass is 16.5. The number of esters is 1. The standard InChI is InChI=1S/C22H23N3O3/c1-4-28-22(27)18-11-17-10-9-16(12-19(17)24-20(23)13-18)14-5-7-15(8-6-14)21(26)25(2)3/h5-12H,4,13H2,1-3H3,(H2,23,24). The fourth-order valence-corrected chi connectivity index (χ4v) is 2.99. The van der Waals surface area contributed by atoms with Crippen molar-refractivity contribution in [3.63, 3.8) is 0 Å². The Morgan fingerprint density at radius 2 is 1.79 bits per heavy atom. The first-order chi connectivity index (χ1) is 13.4. The molecule has 0 aliphatic carbocycles. The molecule has 0 fully saturated rings. The first-order valence-electron chi connectivity index (χ1n) is 9.06. The van der Waals surface area contributed by atoms with Crippen molar-refractivity contribution in [2.24, 2.45) is 10.7 Å². The number of rotatable bonds is 4. The van der Waals surface area contributed by atoms with E-state index >= 15 is 0 Å². The lowest BCUT2D eigenvalue weighted by atomic mass is 10.00. The van der Waals surface area contributed by atoms with Crippen LogP contribution in [0.2, 0.25) is 0 Å². The Balaban J connectivity index is 1.94. The van der Waals surface area contributed by atoms with Crippen LogP contribution in [0.5, 0.6) is 0 Å². The molecular weight excluding hydrogens is 354 g/mol.